The highest BCUT2D eigenvalue weighted by Crippen LogP contribution is 2.34. The molecule has 2 heterocycles. The van der Waals surface area contributed by atoms with Gasteiger partial charge >= 0.3 is 0 Å². The number of rotatable bonds is 6. The lowest BCUT2D eigenvalue weighted by atomic mass is 10.1. The molecule has 31 heavy (non-hydrogen) atoms. The van der Waals surface area contributed by atoms with Gasteiger partial charge < -0.3 is 15.4 Å². The van der Waals surface area contributed by atoms with Gasteiger partial charge in [-0.1, -0.05) is 19.1 Å². The second-order valence-electron chi connectivity index (χ2n) is 7.21. The van der Waals surface area contributed by atoms with Crippen molar-refractivity contribution in [2.45, 2.75) is 26.4 Å². The summed E-state index contributed by atoms with van der Waals surface area (Å²) in [5.74, 6) is -2.50. The summed E-state index contributed by atoms with van der Waals surface area (Å²) < 4.78 is 34.0. The zero-order valence-electron chi connectivity index (χ0n) is 16.7. The van der Waals surface area contributed by atoms with Crippen LogP contribution in [0.15, 0.2) is 48.7 Å². The molecule has 0 fully saturated rings. The number of ether oxygens (including phenoxy) is 1. The van der Waals surface area contributed by atoms with Gasteiger partial charge in [-0.25, -0.2) is 13.8 Å². The minimum atomic E-state index is -0.860. The molecule has 3 aromatic rings. The van der Waals surface area contributed by atoms with Crippen molar-refractivity contribution >= 4 is 11.8 Å². The van der Waals surface area contributed by atoms with Gasteiger partial charge in [0.25, 0.3) is 11.8 Å². The molecular formula is C23H19F2N3O3. The number of hydrogen-bond acceptors (Lipinski definition) is 4. The summed E-state index contributed by atoms with van der Waals surface area (Å²) in [4.78, 5) is 29.8. The molecule has 1 aliphatic heterocycles. The van der Waals surface area contributed by atoms with Crippen LogP contribution in [-0.2, 0) is 19.5 Å². The molecule has 2 N–H and O–H groups in total. The zero-order valence-corrected chi connectivity index (χ0v) is 16.7. The van der Waals surface area contributed by atoms with Gasteiger partial charge in [0.2, 0.25) is 5.88 Å². The zero-order chi connectivity index (χ0) is 22.1. The van der Waals surface area contributed by atoms with Crippen LogP contribution in [0.5, 0.6) is 11.6 Å². The first-order valence-corrected chi connectivity index (χ1v) is 9.69. The number of pyridine rings is 1. The van der Waals surface area contributed by atoms with E-state index in [-0.39, 0.29) is 41.8 Å². The second-order valence-corrected chi connectivity index (χ2v) is 7.21. The van der Waals surface area contributed by atoms with Crippen LogP contribution in [0, 0.1) is 11.6 Å². The molecule has 1 aliphatic rings. The van der Waals surface area contributed by atoms with Gasteiger partial charge in [-0.15, -0.1) is 0 Å². The monoisotopic (exact) mass is 423 g/mol. The number of amides is 2. The van der Waals surface area contributed by atoms with Crippen molar-refractivity contribution in [1.29, 1.82) is 0 Å². The Morgan fingerprint density at radius 1 is 1.13 bits per heavy atom. The van der Waals surface area contributed by atoms with Gasteiger partial charge in [0.15, 0.2) is 11.6 Å². The molecular weight excluding hydrogens is 404 g/mol. The third-order valence-corrected chi connectivity index (χ3v) is 5.15. The molecule has 0 spiro atoms. The molecule has 4 rings (SSSR count). The summed E-state index contributed by atoms with van der Waals surface area (Å²) in [5, 5.41) is 0. The van der Waals surface area contributed by atoms with Crippen LogP contribution in [0.1, 0.15) is 44.3 Å². The highest BCUT2D eigenvalue weighted by molar-refractivity contribution is 6.00. The molecule has 1 aromatic heterocycles. The van der Waals surface area contributed by atoms with Crippen LogP contribution in [0.4, 0.5) is 8.78 Å². The number of aryl methyl sites for hydroxylation is 1. The van der Waals surface area contributed by atoms with Gasteiger partial charge in [-0.2, -0.15) is 0 Å². The van der Waals surface area contributed by atoms with E-state index in [4.69, 9.17) is 10.5 Å². The summed E-state index contributed by atoms with van der Waals surface area (Å²) in [5.41, 5.74) is 7.16. The van der Waals surface area contributed by atoms with E-state index < -0.39 is 17.5 Å². The SMILES string of the molecule is CCc1ccc(Oc2nccc3c2C(=O)N(Cc2ccc(C(N)=O)c(F)c2)C3)c(F)c1. The summed E-state index contributed by atoms with van der Waals surface area (Å²) in [6.07, 6.45) is 2.18. The first-order chi connectivity index (χ1) is 14.9. The van der Waals surface area contributed by atoms with Crippen LogP contribution < -0.4 is 10.5 Å². The van der Waals surface area contributed by atoms with E-state index in [9.17, 15) is 18.4 Å². The average Bonchev–Trinajstić information content (AvgIpc) is 3.05. The number of fused-ring (bicyclic) bond motifs is 1. The third-order valence-electron chi connectivity index (χ3n) is 5.15. The molecule has 0 radical (unpaired) electrons. The summed E-state index contributed by atoms with van der Waals surface area (Å²) >= 11 is 0. The number of hydrogen-bond donors (Lipinski definition) is 1. The maximum atomic E-state index is 14.3. The number of nitrogens with zero attached hydrogens (tertiary/aromatic N) is 2. The van der Waals surface area contributed by atoms with E-state index in [1.807, 2.05) is 6.92 Å². The number of benzene rings is 2. The first-order valence-electron chi connectivity index (χ1n) is 9.69. The Hall–Kier alpha value is -3.81. The van der Waals surface area contributed by atoms with Crippen molar-refractivity contribution in [3.05, 3.63) is 88.1 Å². The highest BCUT2D eigenvalue weighted by atomic mass is 19.1. The Bertz CT molecular complexity index is 1200. The Kier molecular flexibility index (Phi) is 5.37. The van der Waals surface area contributed by atoms with Crippen LogP contribution in [0.2, 0.25) is 0 Å². The van der Waals surface area contributed by atoms with Crippen LogP contribution in [-0.4, -0.2) is 21.7 Å². The number of halogens is 2. The predicted octanol–water partition coefficient (Wildman–Crippen LogP) is 3.97. The van der Waals surface area contributed by atoms with Gasteiger partial charge in [0.1, 0.15) is 11.4 Å². The molecule has 2 aromatic carbocycles. The first kappa shape index (κ1) is 20.5. The summed E-state index contributed by atoms with van der Waals surface area (Å²) in [6, 6.07) is 10.3. The molecule has 2 amide bonds. The van der Waals surface area contributed by atoms with Crippen LogP contribution in [0.3, 0.4) is 0 Å². The Morgan fingerprint density at radius 3 is 2.55 bits per heavy atom. The summed E-state index contributed by atoms with van der Waals surface area (Å²) in [7, 11) is 0. The van der Waals surface area contributed by atoms with E-state index in [1.165, 1.54) is 35.4 Å². The third kappa shape index (κ3) is 3.96. The fourth-order valence-corrected chi connectivity index (χ4v) is 3.51. The number of carbonyl (C=O) groups is 2. The maximum absolute atomic E-state index is 14.3. The molecule has 158 valence electrons. The topological polar surface area (TPSA) is 85.5 Å². The van der Waals surface area contributed by atoms with E-state index >= 15 is 0 Å². The number of primary amides is 1. The molecule has 8 heteroatoms. The molecule has 0 unspecified atom stereocenters. The fraction of sp³-hybridized carbons (Fsp3) is 0.174. The second kappa shape index (κ2) is 8.14. The van der Waals surface area contributed by atoms with Crippen LogP contribution in [0.25, 0.3) is 0 Å². The van der Waals surface area contributed by atoms with Gasteiger partial charge in [0, 0.05) is 19.3 Å². The molecule has 0 bridgehead atoms. The Labute approximate surface area is 177 Å². The quantitative estimate of drug-likeness (QED) is 0.650. The van der Waals surface area contributed by atoms with Gasteiger partial charge in [0.05, 0.1) is 5.56 Å². The molecule has 6 nitrogen and oxygen atoms in total. The van der Waals surface area contributed by atoms with E-state index in [0.29, 0.717) is 17.5 Å². The Morgan fingerprint density at radius 2 is 1.87 bits per heavy atom. The number of aromatic nitrogens is 1. The van der Waals surface area contributed by atoms with Crippen molar-refractivity contribution in [3.63, 3.8) is 0 Å². The molecule has 0 saturated heterocycles. The largest absolute Gasteiger partial charge is 0.435 e. The van der Waals surface area contributed by atoms with Crippen molar-refractivity contribution in [2.24, 2.45) is 5.73 Å². The van der Waals surface area contributed by atoms with E-state index in [0.717, 1.165) is 5.56 Å². The highest BCUT2D eigenvalue weighted by Gasteiger charge is 2.32. The molecule has 0 aliphatic carbocycles. The van der Waals surface area contributed by atoms with E-state index in [1.54, 1.807) is 18.2 Å². The smallest absolute Gasteiger partial charge is 0.260 e. The fourth-order valence-electron chi connectivity index (χ4n) is 3.51. The van der Waals surface area contributed by atoms with Crippen molar-refractivity contribution < 1.29 is 23.1 Å². The van der Waals surface area contributed by atoms with Crippen molar-refractivity contribution in [2.75, 3.05) is 0 Å². The lowest BCUT2D eigenvalue weighted by Crippen LogP contribution is -2.24. The minimum absolute atomic E-state index is 0.0170. The lowest BCUT2D eigenvalue weighted by Gasteiger charge is -2.16. The lowest BCUT2D eigenvalue weighted by molar-refractivity contribution is 0.0763. The Balaban J connectivity index is 1.57. The van der Waals surface area contributed by atoms with Crippen LogP contribution >= 0.6 is 0 Å². The van der Waals surface area contributed by atoms with Crippen molar-refractivity contribution in [1.82, 2.24) is 9.88 Å². The normalized spacial score (nSPS) is 12.7. The molecule has 0 saturated carbocycles. The minimum Gasteiger partial charge on any atom is -0.435 e. The number of carbonyl (C=O) groups excluding carboxylic acids is 2. The van der Waals surface area contributed by atoms with Crippen molar-refractivity contribution in [3.8, 4) is 11.6 Å². The van der Waals surface area contributed by atoms with Gasteiger partial charge in [-0.3, -0.25) is 9.59 Å². The van der Waals surface area contributed by atoms with Gasteiger partial charge in [-0.05, 0) is 53.4 Å². The van der Waals surface area contributed by atoms with E-state index in [2.05, 4.69) is 4.98 Å². The standard InChI is InChI=1S/C23H19F2N3O3/c1-2-13-4-6-19(18(25)9-13)31-22-20-15(7-8-27-22)12-28(23(20)30)11-14-3-5-16(21(26)29)17(24)10-14/h3-10H,2,11-12H2,1H3,(H2,26,29). The average molecular weight is 423 g/mol. The molecule has 0 atom stereocenters. The number of nitrogens with two attached hydrogens (primary N) is 1. The summed E-state index contributed by atoms with van der Waals surface area (Å²) in [6.45, 7) is 2.30. The predicted molar refractivity (Wildman–Crippen MR) is 109 cm³/mol. The maximum Gasteiger partial charge on any atom is 0.260 e.